The van der Waals surface area contributed by atoms with E-state index >= 15 is 0 Å². The van der Waals surface area contributed by atoms with Crippen molar-refractivity contribution in [2.75, 3.05) is 26.0 Å². The van der Waals surface area contributed by atoms with Crippen LogP contribution in [0.15, 0.2) is 16.6 Å². The fourth-order valence-electron chi connectivity index (χ4n) is 3.57. The van der Waals surface area contributed by atoms with Gasteiger partial charge in [-0.2, -0.15) is 0 Å². The summed E-state index contributed by atoms with van der Waals surface area (Å²) in [6, 6.07) is 3.44. The monoisotopic (exact) mass is 446 g/mol. The fourth-order valence-corrected chi connectivity index (χ4v) is 5.07. The summed E-state index contributed by atoms with van der Waals surface area (Å²) in [6.07, 6.45) is 5.50. The van der Waals surface area contributed by atoms with E-state index in [2.05, 4.69) is 26.0 Å². The molecule has 1 heterocycles. The van der Waals surface area contributed by atoms with E-state index in [1.54, 1.807) is 12.1 Å². The minimum Gasteiger partial charge on any atom is -0.486 e. The smallest absolute Gasteiger partial charge is 0.255 e. The molecule has 2 N–H and O–H groups in total. The van der Waals surface area contributed by atoms with E-state index < -0.39 is 15.6 Å². The average molecular weight is 447 g/mol. The van der Waals surface area contributed by atoms with Gasteiger partial charge in [-0.05, 0) is 25.0 Å². The topological polar surface area (TPSA) is 93.7 Å². The summed E-state index contributed by atoms with van der Waals surface area (Å²) in [5.41, 5.74) is -0.260. The van der Waals surface area contributed by atoms with Gasteiger partial charge in [-0.3, -0.25) is 4.79 Å². The maximum absolute atomic E-state index is 12.8. The Bertz CT molecular complexity index is 791. The van der Waals surface area contributed by atoms with Gasteiger partial charge in [-0.25, -0.2) is 13.1 Å². The molecule has 2 aliphatic rings. The first-order chi connectivity index (χ1) is 12.3. The minimum absolute atomic E-state index is 0.237. The van der Waals surface area contributed by atoms with Crippen LogP contribution in [-0.2, 0) is 10.0 Å². The number of hydrogen-bond donors (Lipinski definition) is 2. The van der Waals surface area contributed by atoms with Crippen LogP contribution in [0.4, 0.5) is 0 Å². The molecular formula is C17H23BrN2O5S. The van der Waals surface area contributed by atoms with Crippen molar-refractivity contribution in [3.8, 4) is 11.5 Å². The maximum atomic E-state index is 12.8. The van der Waals surface area contributed by atoms with Gasteiger partial charge in [0.15, 0.2) is 11.5 Å². The number of rotatable bonds is 5. The van der Waals surface area contributed by atoms with Crippen LogP contribution < -0.4 is 19.5 Å². The van der Waals surface area contributed by atoms with Gasteiger partial charge in [0.1, 0.15) is 13.2 Å². The Kier molecular flexibility index (Phi) is 5.78. The number of sulfonamides is 1. The maximum Gasteiger partial charge on any atom is 0.255 e. The van der Waals surface area contributed by atoms with E-state index in [-0.39, 0.29) is 12.5 Å². The van der Waals surface area contributed by atoms with Gasteiger partial charge in [0.25, 0.3) is 5.91 Å². The molecule has 144 valence electrons. The molecule has 0 spiro atoms. The molecule has 1 aromatic rings. The van der Waals surface area contributed by atoms with Crippen LogP contribution in [0, 0.1) is 0 Å². The summed E-state index contributed by atoms with van der Waals surface area (Å²) in [4.78, 5) is 12.8. The number of carbonyl (C=O) groups is 1. The van der Waals surface area contributed by atoms with E-state index in [0.717, 1.165) is 25.5 Å². The highest BCUT2D eigenvalue weighted by Gasteiger charge is 2.35. The Morgan fingerprint density at radius 1 is 1.19 bits per heavy atom. The Labute approximate surface area is 162 Å². The van der Waals surface area contributed by atoms with Gasteiger partial charge in [0.2, 0.25) is 10.0 Å². The van der Waals surface area contributed by atoms with Gasteiger partial charge < -0.3 is 14.8 Å². The van der Waals surface area contributed by atoms with Crippen molar-refractivity contribution in [1.29, 1.82) is 0 Å². The lowest BCUT2D eigenvalue weighted by Gasteiger charge is -2.37. The number of benzene rings is 1. The zero-order chi connectivity index (χ0) is 18.8. The molecule has 1 aliphatic heterocycles. The largest absolute Gasteiger partial charge is 0.486 e. The number of nitrogens with one attached hydrogen (secondary N) is 2. The average Bonchev–Trinajstić information content (AvgIpc) is 2.58. The standard InChI is InChI=1S/C17H23BrN2O5S/c1-26(22,23)20-17(5-3-2-4-6-17)11-19-16(21)13-9-12(18)10-14-15(13)25-8-7-24-14/h9-10,20H,2-8,11H2,1H3,(H,19,21). The van der Waals surface area contributed by atoms with E-state index in [1.807, 2.05) is 0 Å². The van der Waals surface area contributed by atoms with Gasteiger partial charge in [0, 0.05) is 11.0 Å². The Balaban J connectivity index is 1.78. The van der Waals surface area contributed by atoms with E-state index in [1.165, 1.54) is 0 Å². The molecule has 0 unspecified atom stereocenters. The number of halogens is 1. The molecule has 1 saturated carbocycles. The van der Waals surface area contributed by atoms with Crippen LogP contribution in [-0.4, -0.2) is 45.9 Å². The Morgan fingerprint density at radius 2 is 1.88 bits per heavy atom. The first-order valence-corrected chi connectivity index (χ1v) is 11.3. The molecule has 1 amide bonds. The number of carbonyl (C=O) groups excluding carboxylic acids is 1. The van der Waals surface area contributed by atoms with Crippen molar-refractivity contribution in [3.63, 3.8) is 0 Å². The first-order valence-electron chi connectivity index (χ1n) is 8.64. The van der Waals surface area contributed by atoms with Crippen molar-refractivity contribution in [2.45, 2.75) is 37.6 Å². The summed E-state index contributed by atoms with van der Waals surface area (Å²) < 4.78 is 38.2. The molecule has 0 aromatic heterocycles. The second kappa shape index (κ2) is 7.74. The molecule has 1 aromatic carbocycles. The van der Waals surface area contributed by atoms with Crippen molar-refractivity contribution >= 4 is 31.9 Å². The molecule has 7 nitrogen and oxygen atoms in total. The highest BCUT2D eigenvalue weighted by atomic mass is 79.9. The number of fused-ring (bicyclic) bond motifs is 1. The third kappa shape index (κ3) is 4.69. The zero-order valence-electron chi connectivity index (χ0n) is 14.6. The van der Waals surface area contributed by atoms with E-state index in [4.69, 9.17) is 9.47 Å². The molecule has 1 fully saturated rings. The molecule has 0 radical (unpaired) electrons. The predicted octanol–water partition coefficient (Wildman–Crippen LogP) is 2.20. The molecule has 0 bridgehead atoms. The third-order valence-electron chi connectivity index (χ3n) is 4.65. The molecule has 9 heteroatoms. The lowest BCUT2D eigenvalue weighted by atomic mass is 9.82. The number of hydrogen-bond acceptors (Lipinski definition) is 5. The zero-order valence-corrected chi connectivity index (χ0v) is 17.0. The van der Waals surface area contributed by atoms with E-state index in [0.29, 0.717) is 47.6 Å². The van der Waals surface area contributed by atoms with Gasteiger partial charge in [-0.1, -0.05) is 35.2 Å². The van der Waals surface area contributed by atoms with Crippen molar-refractivity contribution in [2.24, 2.45) is 0 Å². The lowest BCUT2D eigenvalue weighted by Crippen LogP contribution is -2.56. The lowest BCUT2D eigenvalue weighted by molar-refractivity contribution is 0.0923. The summed E-state index contributed by atoms with van der Waals surface area (Å²) >= 11 is 3.38. The van der Waals surface area contributed by atoms with Crippen molar-refractivity contribution in [1.82, 2.24) is 10.0 Å². The Morgan fingerprint density at radius 3 is 2.58 bits per heavy atom. The van der Waals surface area contributed by atoms with Crippen molar-refractivity contribution in [3.05, 3.63) is 22.2 Å². The van der Waals surface area contributed by atoms with Crippen LogP contribution in [0.3, 0.4) is 0 Å². The van der Waals surface area contributed by atoms with Crippen LogP contribution in [0.2, 0.25) is 0 Å². The second-order valence-corrected chi connectivity index (χ2v) is 9.54. The third-order valence-corrected chi connectivity index (χ3v) is 5.91. The molecule has 0 atom stereocenters. The molecule has 3 rings (SSSR count). The van der Waals surface area contributed by atoms with Crippen LogP contribution in [0.5, 0.6) is 11.5 Å². The highest BCUT2D eigenvalue weighted by Crippen LogP contribution is 2.37. The van der Waals surface area contributed by atoms with Gasteiger partial charge in [0.05, 0.1) is 17.4 Å². The molecule has 1 aliphatic carbocycles. The molecular weight excluding hydrogens is 424 g/mol. The Hall–Kier alpha value is -1.32. The van der Waals surface area contributed by atoms with E-state index in [9.17, 15) is 13.2 Å². The second-order valence-electron chi connectivity index (χ2n) is 6.88. The summed E-state index contributed by atoms with van der Waals surface area (Å²) in [6.45, 7) is 1.06. The van der Waals surface area contributed by atoms with Crippen LogP contribution in [0.25, 0.3) is 0 Å². The van der Waals surface area contributed by atoms with Crippen LogP contribution in [0.1, 0.15) is 42.5 Å². The normalized spacial score (nSPS) is 19.0. The number of ether oxygens (including phenoxy) is 2. The van der Waals surface area contributed by atoms with Crippen LogP contribution >= 0.6 is 15.9 Å². The first kappa shape index (κ1) is 19.4. The van der Waals surface area contributed by atoms with Gasteiger partial charge >= 0.3 is 0 Å². The summed E-state index contributed by atoms with van der Waals surface area (Å²) in [5.74, 6) is 0.636. The van der Waals surface area contributed by atoms with Gasteiger partial charge in [-0.15, -0.1) is 0 Å². The SMILES string of the molecule is CS(=O)(=O)NC1(CNC(=O)c2cc(Br)cc3c2OCCO3)CCCCC1. The summed E-state index contributed by atoms with van der Waals surface area (Å²) in [7, 11) is -3.37. The predicted molar refractivity (Wildman–Crippen MR) is 101 cm³/mol. The quantitative estimate of drug-likeness (QED) is 0.722. The number of amides is 1. The fraction of sp³-hybridized carbons (Fsp3) is 0.588. The van der Waals surface area contributed by atoms with Crippen molar-refractivity contribution < 1.29 is 22.7 Å². The molecule has 26 heavy (non-hydrogen) atoms. The summed E-state index contributed by atoms with van der Waals surface area (Å²) in [5, 5.41) is 2.89. The molecule has 0 saturated heterocycles. The minimum atomic E-state index is -3.37. The highest BCUT2D eigenvalue weighted by molar-refractivity contribution is 9.10.